The Morgan fingerprint density at radius 3 is 2.87 bits per heavy atom. The van der Waals surface area contributed by atoms with Crippen molar-refractivity contribution >= 4 is 0 Å². The van der Waals surface area contributed by atoms with E-state index in [0.29, 0.717) is 0 Å². The third-order valence-electron chi connectivity index (χ3n) is 3.33. The normalized spacial score (nSPS) is 19.3. The van der Waals surface area contributed by atoms with Crippen LogP contribution in [0.1, 0.15) is 43.7 Å². The molecule has 15 heavy (non-hydrogen) atoms. The van der Waals surface area contributed by atoms with E-state index in [1.807, 2.05) is 12.3 Å². The second kappa shape index (κ2) is 5.24. The van der Waals surface area contributed by atoms with Crippen LogP contribution in [-0.4, -0.2) is 4.98 Å². The van der Waals surface area contributed by atoms with Crippen molar-refractivity contribution in [2.75, 3.05) is 0 Å². The Morgan fingerprint density at radius 1 is 1.47 bits per heavy atom. The van der Waals surface area contributed by atoms with E-state index in [1.54, 1.807) is 6.20 Å². The van der Waals surface area contributed by atoms with Crippen LogP contribution in [0.2, 0.25) is 0 Å². The molecule has 3 heteroatoms. The van der Waals surface area contributed by atoms with E-state index in [-0.39, 0.29) is 6.04 Å². The maximum absolute atomic E-state index is 5.61. The minimum absolute atomic E-state index is 0.266. The predicted molar refractivity (Wildman–Crippen MR) is 60.9 cm³/mol. The quantitative estimate of drug-likeness (QED) is 0.585. The molecule has 82 valence electrons. The highest BCUT2D eigenvalue weighted by Crippen LogP contribution is 2.32. The Bertz CT molecular complexity index is 280. The van der Waals surface area contributed by atoms with E-state index >= 15 is 0 Å². The first kappa shape index (κ1) is 10.6. The largest absolute Gasteiger partial charge is 0.271 e. The molecule has 1 aromatic heterocycles. The van der Waals surface area contributed by atoms with E-state index < -0.39 is 0 Å². The van der Waals surface area contributed by atoms with Crippen LogP contribution < -0.4 is 11.3 Å². The summed E-state index contributed by atoms with van der Waals surface area (Å²) in [5.41, 5.74) is 4.11. The Morgan fingerprint density at radius 2 is 2.27 bits per heavy atom. The summed E-state index contributed by atoms with van der Waals surface area (Å²) < 4.78 is 0. The van der Waals surface area contributed by atoms with Gasteiger partial charge in [-0.3, -0.25) is 16.3 Å². The molecule has 0 aliphatic heterocycles. The summed E-state index contributed by atoms with van der Waals surface area (Å²) in [7, 11) is 0. The van der Waals surface area contributed by atoms with Crippen LogP contribution in [0.4, 0.5) is 0 Å². The Hall–Kier alpha value is -0.930. The van der Waals surface area contributed by atoms with Crippen LogP contribution in [0.3, 0.4) is 0 Å². The number of pyridine rings is 1. The van der Waals surface area contributed by atoms with Gasteiger partial charge < -0.3 is 0 Å². The standard InChI is InChI=1S/C12H19N3/c13-15-12(8-10-4-1-2-5-10)11-6-3-7-14-9-11/h3,6-7,9-10,12,15H,1-2,4-5,8,13H2. The van der Waals surface area contributed by atoms with E-state index in [4.69, 9.17) is 5.84 Å². The van der Waals surface area contributed by atoms with Gasteiger partial charge in [0.25, 0.3) is 0 Å². The van der Waals surface area contributed by atoms with Crippen molar-refractivity contribution in [3.63, 3.8) is 0 Å². The maximum Gasteiger partial charge on any atom is 0.0477 e. The molecule has 3 N–H and O–H groups in total. The third-order valence-corrected chi connectivity index (χ3v) is 3.33. The number of nitrogens with one attached hydrogen (secondary N) is 1. The smallest absolute Gasteiger partial charge is 0.0477 e. The predicted octanol–water partition coefficient (Wildman–Crippen LogP) is 2.17. The molecule has 0 saturated heterocycles. The Kier molecular flexibility index (Phi) is 3.69. The highest BCUT2D eigenvalue weighted by Gasteiger charge is 2.20. The molecule has 1 atom stereocenters. The summed E-state index contributed by atoms with van der Waals surface area (Å²) in [5, 5.41) is 0. The van der Waals surface area contributed by atoms with Crippen LogP contribution >= 0.6 is 0 Å². The first-order valence-corrected chi connectivity index (χ1v) is 5.76. The summed E-state index contributed by atoms with van der Waals surface area (Å²) >= 11 is 0. The molecule has 0 aromatic carbocycles. The third kappa shape index (κ3) is 2.76. The number of aromatic nitrogens is 1. The van der Waals surface area contributed by atoms with Crippen molar-refractivity contribution in [3.05, 3.63) is 30.1 Å². The zero-order valence-electron chi connectivity index (χ0n) is 9.02. The summed E-state index contributed by atoms with van der Waals surface area (Å²) in [4.78, 5) is 4.13. The molecular weight excluding hydrogens is 186 g/mol. The topological polar surface area (TPSA) is 50.9 Å². The van der Waals surface area contributed by atoms with Crippen molar-refractivity contribution in [1.82, 2.24) is 10.4 Å². The van der Waals surface area contributed by atoms with E-state index in [2.05, 4.69) is 16.5 Å². The van der Waals surface area contributed by atoms with Crippen molar-refractivity contribution in [3.8, 4) is 0 Å². The van der Waals surface area contributed by atoms with Gasteiger partial charge in [-0.1, -0.05) is 31.7 Å². The molecule has 1 saturated carbocycles. The zero-order valence-corrected chi connectivity index (χ0v) is 9.02. The van der Waals surface area contributed by atoms with Gasteiger partial charge in [-0.15, -0.1) is 0 Å². The second-order valence-corrected chi connectivity index (χ2v) is 4.39. The molecule has 0 spiro atoms. The molecule has 0 bridgehead atoms. The van der Waals surface area contributed by atoms with Crippen molar-refractivity contribution < 1.29 is 0 Å². The van der Waals surface area contributed by atoms with Crippen molar-refractivity contribution in [2.24, 2.45) is 11.8 Å². The number of hydrogen-bond donors (Lipinski definition) is 2. The van der Waals surface area contributed by atoms with E-state index in [0.717, 1.165) is 12.3 Å². The molecule has 1 unspecified atom stereocenters. The molecule has 2 rings (SSSR count). The Labute approximate surface area is 91.1 Å². The van der Waals surface area contributed by atoms with Gasteiger partial charge in [-0.05, 0) is 24.0 Å². The van der Waals surface area contributed by atoms with Crippen LogP contribution in [0.5, 0.6) is 0 Å². The van der Waals surface area contributed by atoms with Gasteiger partial charge in [0.05, 0.1) is 0 Å². The number of nitrogens with zero attached hydrogens (tertiary/aromatic N) is 1. The fourth-order valence-corrected chi connectivity index (χ4v) is 2.46. The molecule has 1 fully saturated rings. The lowest BCUT2D eigenvalue weighted by molar-refractivity contribution is 0.399. The van der Waals surface area contributed by atoms with E-state index in [1.165, 1.54) is 31.2 Å². The monoisotopic (exact) mass is 205 g/mol. The van der Waals surface area contributed by atoms with Gasteiger partial charge in [0.2, 0.25) is 0 Å². The maximum atomic E-state index is 5.61. The van der Waals surface area contributed by atoms with Gasteiger partial charge in [0.1, 0.15) is 0 Å². The SMILES string of the molecule is NNC(CC1CCCC1)c1cccnc1. The minimum Gasteiger partial charge on any atom is -0.271 e. The lowest BCUT2D eigenvalue weighted by Gasteiger charge is -2.19. The number of rotatable bonds is 4. The summed E-state index contributed by atoms with van der Waals surface area (Å²) in [5.74, 6) is 6.44. The van der Waals surface area contributed by atoms with Gasteiger partial charge >= 0.3 is 0 Å². The average Bonchev–Trinajstić information content (AvgIpc) is 2.80. The molecular formula is C12H19N3. The van der Waals surface area contributed by atoms with Gasteiger partial charge in [-0.2, -0.15) is 0 Å². The summed E-state index contributed by atoms with van der Waals surface area (Å²) in [6.07, 6.45) is 10.3. The summed E-state index contributed by atoms with van der Waals surface area (Å²) in [6.45, 7) is 0. The highest BCUT2D eigenvalue weighted by atomic mass is 15.2. The van der Waals surface area contributed by atoms with Gasteiger partial charge in [0, 0.05) is 18.4 Å². The minimum atomic E-state index is 0.266. The highest BCUT2D eigenvalue weighted by molar-refractivity contribution is 5.13. The van der Waals surface area contributed by atoms with Crippen molar-refractivity contribution in [1.29, 1.82) is 0 Å². The lowest BCUT2D eigenvalue weighted by atomic mass is 9.95. The molecule has 1 aliphatic carbocycles. The van der Waals surface area contributed by atoms with Crippen molar-refractivity contribution in [2.45, 2.75) is 38.1 Å². The average molecular weight is 205 g/mol. The fraction of sp³-hybridized carbons (Fsp3) is 0.583. The fourth-order valence-electron chi connectivity index (χ4n) is 2.46. The molecule has 1 aromatic rings. The molecule has 1 heterocycles. The lowest BCUT2D eigenvalue weighted by Crippen LogP contribution is -2.29. The molecule has 1 aliphatic rings. The first-order valence-electron chi connectivity index (χ1n) is 5.76. The Balaban J connectivity index is 1.97. The number of hydrogen-bond acceptors (Lipinski definition) is 3. The molecule has 0 radical (unpaired) electrons. The molecule has 0 amide bonds. The van der Waals surface area contributed by atoms with Gasteiger partial charge in [0.15, 0.2) is 0 Å². The van der Waals surface area contributed by atoms with Crippen LogP contribution in [0.15, 0.2) is 24.5 Å². The number of hydrazine groups is 1. The zero-order chi connectivity index (χ0) is 10.5. The molecule has 3 nitrogen and oxygen atoms in total. The van der Waals surface area contributed by atoms with Crippen LogP contribution in [0, 0.1) is 5.92 Å². The number of nitrogens with two attached hydrogens (primary N) is 1. The first-order chi connectivity index (χ1) is 7.40. The van der Waals surface area contributed by atoms with E-state index in [9.17, 15) is 0 Å². The van der Waals surface area contributed by atoms with Gasteiger partial charge in [-0.25, -0.2) is 0 Å². The second-order valence-electron chi connectivity index (χ2n) is 4.39. The van der Waals surface area contributed by atoms with Crippen LogP contribution in [-0.2, 0) is 0 Å². The summed E-state index contributed by atoms with van der Waals surface area (Å²) in [6, 6.07) is 4.32. The van der Waals surface area contributed by atoms with Crippen LogP contribution in [0.25, 0.3) is 0 Å².